The van der Waals surface area contributed by atoms with Crippen molar-refractivity contribution in [3.05, 3.63) is 60.7 Å². The molecule has 0 N–H and O–H groups in total. The number of thiol groups is 1. The number of benzene rings is 2. The van der Waals surface area contributed by atoms with Crippen molar-refractivity contribution < 1.29 is 0 Å². The zero-order valence-corrected chi connectivity index (χ0v) is 14.5. The maximum Gasteiger partial charge on any atom is 0.179 e. The van der Waals surface area contributed by atoms with Gasteiger partial charge in [-0.2, -0.15) is 17.0 Å². The van der Waals surface area contributed by atoms with Gasteiger partial charge in [0.25, 0.3) is 0 Å². The molecule has 0 amide bonds. The molecule has 0 radical (unpaired) electrons. The van der Waals surface area contributed by atoms with Crippen molar-refractivity contribution in [2.75, 3.05) is 17.4 Å². The summed E-state index contributed by atoms with van der Waals surface area (Å²) in [6.07, 6.45) is 3.76. The van der Waals surface area contributed by atoms with Gasteiger partial charge in [0.05, 0.1) is 5.49 Å². The fourth-order valence-corrected chi connectivity index (χ4v) is 4.21. The molecular weight excluding hydrogens is 316 g/mol. The largest absolute Gasteiger partial charge is 0.289 e. The van der Waals surface area contributed by atoms with Gasteiger partial charge in [0.1, 0.15) is 0 Å². The van der Waals surface area contributed by atoms with Crippen molar-refractivity contribution in [2.45, 2.75) is 4.90 Å². The van der Waals surface area contributed by atoms with E-state index in [1.807, 2.05) is 12.1 Å². The molecule has 0 bridgehead atoms. The molecule has 1 aliphatic rings. The second kappa shape index (κ2) is 8.32. The van der Waals surface area contributed by atoms with Crippen LogP contribution in [0.25, 0.3) is 0 Å². The Kier molecular flexibility index (Phi) is 6.42. The number of thioether (sulfide) groups is 1. The third kappa shape index (κ3) is 3.93. The van der Waals surface area contributed by atoms with Crippen LogP contribution in [0.15, 0.2) is 70.0 Å². The fourth-order valence-electron chi connectivity index (χ4n) is 1.87. The van der Waals surface area contributed by atoms with Gasteiger partial charge in [-0.05, 0) is 47.4 Å². The van der Waals surface area contributed by atoms with Crippen molar-refractivity contribution in [1.82, 2.24) is 0 Å². The van der Waals surface area contributed by atoms with E-state index >= 15 is 0 Å². The van der Waals surface area contributed by atoms with Crippen LogP contribution in [0.1, 0.15) is 0 Å². The van der Waals surface area contributed by atoms with Gasteiger partial charge >= 0.3 is 0 Å². The molecule has 1 aliphatic heterocycles. The summed E-state index contributed by atoms with van der Waals surface area (Å²) < 4.78 is 4.81. The Morgan fingerprint density at radius 2 is 1.52 bits per heavy atom. The quantitative estimate of drug-likeness (QED) is 0.628. The third-order valence-electron chi connectivity index (χ3n) is 2.79. The highest BCUT2D eigenvalue weighted by molar-refractivity contribution is 8.19. The summed E-state index contributed by atoms with van der Waals surface area (Å²) in [7, 11) is -0.183. The maximum atomic E-state index is 4.81. The first-order valence-electron chi connectivity index (χ1n) is 6.43. The van der Waals surface area contributed by atoms with Crippen LogP contribution in [-0.4, -0.2) is 23.2 Å². The van der Waals surface area contributed by atoms with Gasteiger partial charge in [-0.15, -0.1) is 0 Å². The molecule has 0 fully saturated rings. The summed E-state index contributed by atoms with van der Waals surface area (Å²) >= 11 is 5.21. The molecule has 2 aromatic rings. The molecule has 0 spiro atoms. The summed E-state index contributed by atoms with van der Waals surface area (Å²) in [5.41, 5.74) is 3.37. The first-order chi connectivity index (χ1) is 10.4. The molecule has 2 nitrogen and oxygen atoms in total. The predicted molar refractivity (Wildman–Crippen MR) is 103 cm³/mol. The van der Waals surface area contributed by atoms with E-state index in [-0.39, 0.29) is 10.7 Å². The Bertz CT molecular complexity index is 624. The van der Waals surface area contributed by atoms with Crippen LogP contribution in [0.5, 0.6) is 0 Å². The number of rotatable bonds is 2. The second-order valence-corrected chi connectivity index (χ2v) is 6.28. The summed E-state index contributed by atoms with van der Waals surface area (Å²) in [5.74, 6) is 0. The van der Waals surface area contributed by atoms with E-state index in [4.69, 9.17) is 4.40 Å². The molecule has 0 saturated heterocycles. The van der Waals surface area contributed by atoms with Crippen LogP contribution in [0.4, 0.5) is 5.69 Å². The van der Waals surface area contributed by atoms with E-state index in [1.165, 1.54) is 10.6 Å². The number of nitrogens with zero attached hydrogens (tertiary/aromatic N) is 2. The normalized spacial score (nSPS) is 16.6. The Morgan fingerprint density at radius 3 is 2.10 bits per heavy atom. The Morgan fingerprint density at radius 1 is 0.952 bits per heavy atom. The van der Waals surface area contributed by atoms with E-state index in [9.17, 15) is 0 Å². The van der Waals surface area contributed by atoms with Gasteiger partial charge in [0.2, 0.25) is 0 Å². The van der Waals surface area contributed by atoms with E-state index in [1.54, 1.807) is 18.0 Å². The molecule has 3 rings (SSSR count). The highest BCUT2D eigenvalue weighted by Crippen LogP contribution is 2.35. The Labute approximate surface area is 138 Å². The van der Waals surface area contributed by atoms with Crippen molar-refractivity contribution in [3.8, 4) is 0 Å². The maximum absolute atomic E-state index is 4.81. The summed E-state index contributed by atoms with van der Waals surface area (Å²) in [6, 6.07) is 20.8. The van der Waals surface area contributed by atoms with Gasteiger partial charge < -0.3 is 0 Å². The lowest BCUT2D eigenvalue weighted by molar-refractivity contribution is 1.46. The Balaban J connectivity index is 0.000000774. The molecule has 1 atom stereocenters. The fraction of sp³-hybridized carbons (Fsp3) is 0.125. The van der Waals surface area contributed by atoms with Crippen LogP contribution in [0, 0.1) is 0 Å². The smallest absolute Gasteiger partial charge is 0.179 e. The topological polar surface area (TPSA) is 15.6 Å². The molecule has 0 aromatic heterocycles. The van der Waals surface area contributed by atoms with E-state index in [0.29, 0.717) is 0 Å². The predicted octanol–water partition coefficient (Wildman–Crippen LogP) is 4.77. The van der Waals surface area contributed by atoms with Gasteiger partial charge in [-0.3, -0.25) is 4.90 Å². The number of anilines is 1. The lowest BCUT2D eigenvalue weighted by atomic mass is 10.3. The molecule has 2 aromatic carbocycles. The first-order valence-corrected chi connectivity index (χ1v) is 9.80. The molecule has 5 heteroatoms. The number of hydrogen-bond acceptors (Lipinski definition) is 4. The SMILES string of the molecule is CS.CSC1=NS(c2ccccc2)=CN1c1ccccc1. The standard InChI is InChI=1S/C15H14N2S2.CH4S/c1-18-15-16-19(14-10-6-3-7-11-14)12-17(15)13-8-4-2-5-9-13;1-2/h2-12H,1H3;2H,1H3. The zero-order chi connectivity index (χ0) is 15.1. The van der Waals surface area contributed by atoms with E-state index < -0.39 is 0 Å². The third-order valence-corrected chi connectivity index (χ3v) is 5.09. The van der Waals surface area contributed by atoms with Crippen molar-refractivity contribution in [3.63, 3.8) is 0 Å². The minimum atomic E-state index is -0.183. The highest BCUT2D eigenvalue weighted by Gasteiger charge is 2.18. The van der Waals surface area contributed by atoms with Crippen LogP contribution in [-0.2, 0) is 0 Å². The van der Waals surface area contributed by atoms with Crippen LogP contribution in [0.3, 0.4) is 0 Å². The zero-order valence-electron chi connectivity index (χ0n) is 12.0. The van der Waals surface area contributed by atoms with Gasteiger partial charge in [0, 0.05) is 10.6 Å². The summed E-state index contributed by atoms with van der Waals surface area (Å²) in [5, 5.41) is 1.05. The summed E-state index contributed by atoms with van der Waals surface area (Å²) in [4.78, 5) is 3.44. The van der Waals surface area contributed by atoms with Crippen molar-refractivity contribution in [2.24, 2.45) is 4.40 Å². The lowest BCUT2D eigenvalue weighted by Crippen LogP contribution is -2.22. The molecule has 1 unspecified atom stereocenters. The molecule has 21 heavy (non-hydrogen) atoms. The molecule has 0 saturated carbocycles. The first kappa shape index (κ1) is 16.2. The van der Waals surface area contributed by atoms with Gasteiger partial charge in [-0.1, -0.05) is 48.2 Å². The number of para-hydroxylation sites is 1. The van der Waals surface area contributed by atoms with Gasteiger partial charge in [-0.25, -0.2) is 0 Å². The second-order valence-electron chi connectivity index (χ2n) is 4.02. The average molecular weight is 335 g/mol. The highest BCUT2D eigenvalue weighted by atomic mass is 32.2. The monoisotopic (exact) mass is 334 g/mol. The molecule has 110 valence electrons. The lowest BCUT2D eigenvalue weighted by Gasteiger charge is -2.15. The molecular formula is C16H18N2S3. The molecule has 0 aliphatic carbocycles. The Hall–Kier alpha value is -1.17. The van der Waals surface area contributed by atoms with Crippen LogP contribution in [0.2, 0.25) is 0 Å². The van der Waals surface area contributed by atoms with Crippen molar-refractivity contribution >= 4 is 51.4 Å². The van der Waals surface area contributed by atoms with E-state index in [2.05, 4.69) is 77.8 Å². The van der Waals surface area contributed by atoms with Crippen molar-refractivity contribution in [1.29, 1.82) is 0 Å². The molecule has 1 heterocycles. The number of amidine groups is 1. The van der Waals surface area contributed by atoms with Gasteiger partial charge in [0.15, 0.2) is 5.17 Å². The van der Waals surface area contributed by atoms with Crippen LogP contribution < -0.4 is 4.90 Å². The minimum absolute atomic E-state index is 0.183. The summed E-state index contributed by atoms with van der Waals surface area (Å²) in [6.45, 7) is 0. The van der Waals surface area contributed by atoms with E-state index in [0.717, 1.165) is 5.17 Å². The minimum Gasteiger partial charge on any atom is -0.289 e. The van der Waals surface area contributed by atoms with Crippen LogP contribution >= 0.6 is 35.1 Å². The average Bonchev–Trinajstić information content (AvgIpc) is 3.03. The number of hydrogen-bond donors (Lipinski definition) is 1.